The van der Waals surface area contributed by atoms with Crippen LogP contribution in [-0.2, 0) is 9.53 Å². The molecule has 6 heteroatoms. The molecule has 0 aromatic carbocycles. The average molecular weight is 228 g/mol. The maximum absolute atomic E-state index is 12.0. The summed E-state index contributed by atoms with van der Waals surface area (Å²) in [5, 5.41) is 8.80. The van der Waals surface area contributed by atoms with E-state index in [1.807, 2.05) is 0 Å². The van der Waals surface area contributed by atoms with Gasteiger partial charge in [0.15, 0.2) is 0 Å². The van der Waals surface area contributed by atoms with E-state index in [-0.39, 0.29) is 11.8 Å². The van der Waals surface area contributed by atoms with E-state index in [1.54, 1.807) is 4.90 Å². The van der Waals surface area contributed by atoms with Crippen molar-refractivity contribution in [2.75, 3.05) is 39.4 Å². The van der Waals surface area contributed by atoms with Gasteiger partial charge in [0.1, 0.15) is 0 Å². The van der Waals surface area contributed by atoms with E-state index in [1.165, 1.54) is 4.90 Å². The molecule has 0 saturated carbocycles. The van der Waals surface area contributed by atoms with Crippen molar-refractivity contribution in [1.82, 2.24) is 9.80 Å². The molecule has 2 fully saturated rings. The molecule has 1 atom stereocenters. The third-order valence-corrected chi connectivity index (χ3v) is 3.13. The second-order valence-corrected chi connectivity index (χ2v) is 4.15. The van der Waals surface area contributed by atoms with E-state index in [2.05, 4.69) is 0 Å². The fourth-order valence-corrected chi connectivity index (χ4v) is 2.18. The lowest BCUT2D eigenvalue weighted by Crippen LogP contribution is -2.44. The van der Waals surface area contributed by atoms with Crippen LogP contribution >= 0.6 is 0 Å². The molecule has 2 heterocycles. The van der Waals surface area contributed by atoms with E-state index in [4.69, 9.17) is 9.84 Å². The molecule has 90 valence electrons. The van der Waals surface area contributed by atoms with Crippen LogP contribution in [0.15, 0.2) is 0 Å². The third kappa shape index (κ3) is 2.27. The molecule has 0 unspecified atom stereocenters. The van der Waals surface area contributed by atoms with Crippen molar-refractivity contribution in [3.8, 4) is 0 Å². The smallest absolute Gasteiger partial charge is 0.407 e. The molecule has 1 N–H and O–H groups in total. The summed E-state index contributed by atoms with van der Waals surface area (Å²) in [6, 6.07) is 0. The minimum atomic E-state index is -0.933. The predicted octanol–water partition coefficient (Wildman–Crippen LogP) is -0.155. The maximum atomic E-state index is 12.0. The molecule has 2 aliphatic heterocycles. The zero-order valence-electron chi connectivity index (χ0n) is 9.09. The molecule has 2 saturated heterocycles. The summed E-state index contributed by atoms with van der Waals surface area (Å²) >= 11 is 0. The van der Waals surface area contributed by atoms with Gasteiger partial charge in [0, 0.05) is 26.2 Å². The third-order valence-electron chi connectivity index (χ3n) is 3.13. The van der Waals surface area contributed by atoms with Gasteiger partial charge >= 0.3 is 6.09 Å². The zero-order chi connectivity index (χ0) is 11.5. The van der Waals surface area contributed by atoms with Crippen LogP contribution in [0.25, 0.3) is 0 Å². The van der Waals surface area contributed by atoms with E-state index in [0.717, 1.165) is 0 Å². The van der Waals surface area contributed by atoms with Crippen molar-refractivity contribution >= 4 is 12.0 Å². The Balaban J connectivity index is 1.88. The fraction of sp³-hybridized carbons (Fsp3) is 0.800. The number of carbonyl (C=O) groups is 2. The minimum absolute atomic E-state index is 0.0760. The number of ether oxygens (including phenoxy) is 1. The summed E-state index contributed by atoms with van der Waals surface area (Å²) in [6.45, 7) is 3.23. The van der Waals surface area contributed by atoms with Crippen molar-refractivity contribution in [3.63, 3.8) is 0 Å². The topological polar surface area (TPSA) is 70.1 Å². The van der Waals surface area contributed by atoms with Crippen LogP contribution in [0.3, 0.4) is 0 Å². The monoisotopic (exact) mass is 228 g/mol. The summed E-state index contributed by atoms with van der Waals surface area (Å²) in [5.74, 6) is -0.0822. The molecule has 0 aliphatic carbocycles. The van der Waals surface area contributed by atoms with Crippen LogP contribution in [0.1, 0.15) is 6.42 Å². The van der Waals surface area contributed by atoms with Crippen molar-refractivity contribution in [3.05, 3.63) is 0 Å². The number of morpholine rings is 1. The van der Waals surface area contributed by atoms with Gasteiger partial charge in [-0.05, 0) is 6.42 Å². The van der Waals surface area contributed by atoms with Gasteiger partial charge in [0.25, 0.3) is 0 Å². The molecular formula is C10H16N2O4. The standard InChI is InChI=1S/C10H16N2O4/c13-9(11-3-5-16-6-4-11)8-1-2-12(7-8)10(14)15/h8H,1-7H2,(H,14,15)/t8-/m1/s1. The van der Waals surface area contributed by atoms with Gasteiger partial charge in [-0.1, -0.05) is 0 Å². The molecule has 0 radical (unpaired) electrons. The molecule has 0 aromatic heterocycles. The number of rotatable bonds is 1. The molecule has 2 rings (SSSR count). The van der Waals surface area contributed by atoms with Crippen LogP contribution in [0.4, 0.5) is 4.79 Å². The van der Waals surface area contributed by atoms with Crippen molar-refractivity contribution in [1.29, 1.82) is 0 Å². The van der Waals surface area contributed by atoms with Gasteiger partial charge in [-0.15, -0.1) is 0 Å². The summed E-state index contributed by atoms with van der Waals surface area (Å²) in [4.78, 5) is 25.8. The number of hydrogen-bond donors (Lipinski definition) is 1. The van der Waals surface area contributed by atoms with Gasteiger partial charge in [0.05, 0.1) is 19.1 Å². The Hall–Kier alpha value is -1.30. The highest BCUT2D eigenvalue weighted by atomic mass is 16.5. The van der Waals surface area contributed by atoms with E-state index in [0.29, 0.717) is 45.8 Å². The maximum Gasteiger partial charge on any atom is 0.407 e. The highest BCUT2D eigenvalue weighted by Gasteiger charge is 2.33. The number of nitrogens with zero attached hydrogens (tertiary/aromatic N) is 2. The molecule has 6 nitrogen and oxygen atoms in total. The Morgan fingerprint density at radius 1 is 1.12 bits per heavy atom. The van der Waals surface area contributed by atoms with E-state index in [9.17, 15) is 9.59 Å². The largest absolute Gasteiger partial charge is 0.465 e. The van der Waals surface area contributed by atoms with Crippen LogP contribution in [0.5, 0.6) is 0 Å². The molecule has 0 aromatic rings. The normalized spacial score (nSPS) is 25.9. The molecule has 16 heavy (non-hydrogen) atoms. The molecular weight excluding hydrogens is 212 g/mol. The predicted molar refractivity (Wildman–Crippen MR) is 55.1 cm³/mol. The van der Waals surface area contributed by atoms with Gasteiger partial charge < -0.3 is 19.6 Å². The first-order valence-electron chi connectivity index (χ1n) is 5.53. The Bertz CT molecular complexity index is 289. The second kappa shape index (κ2) is 4.69. The Labute approximate surface area is 93.8 Å². The summed E-state index contributed by atoms with van der Waals surface area (Å²) < 4.78 is 5.17. The van der Waals surface area contributed by atoms with Gasteiger partial charge in [-0.25, -0.2) is 4.79 Å². The van der Waals surface area contributed by atoms with E-state index >= 15 is 0 Å². The molecule has 0 spiro atoms. The highest BCUT2D eigenvalue weighted by molar-refractivity contribution is 5.80. The van der Waals surface area contributed by atoms with Gasteiger partial charge in [-0.2, -0.15) is 0 Å². The molecule has 2 amide bonds. The average Bonchev–Trinajstić information content (AvgIpc) is 2.78. The van der Waals surface area contributed by atoms with Crippen molar-refractivity contribution < 1.29 is 19.4 Å². The van der Waals surface area contributed by atoms with Crippen LogP contribution in [-0.4, -0.2) is 66.3 Å². The number of hydrogen-bond acceptors (Lipinski definition) is 3. The molecule has 0 bridgehead atoms. The van der Waals surface area contributed by atoms with E-state index < -0.39 is 6.09 Å². The van der Waals surface area contributed by atoms with Gasteiger partial charge in [-0.3, -0.25) is 4.79 Å². The second-order valence-electron chi connectivity index (χ2n) is 4.15. The van der Waals surface area contributed by atoms with Crippen LogP contribution < -0.4 is 0 Å². The Morgan fingerprint density at radius 2 is 1.81 bits per heavy atom. The Morgan fingerprint density at radius 3 is 2.38 bits per heavy atom. The minimum Gasteiger partial charge on any atom is -0.465 e. The lowest BCUT2D eigenvalue weighted by molar-refractivity contribution is -0.139. The van der Waals surface area contributed by atoms with Crippen molar-refractivity contribution in [2.24, 2.45) is 5.92 Å². The van der Waals surface area contributed by atoms with Crippen LogP contribution in [0, 0.1) is 5.92 Å². The molecule has 2 aliphatic rings. The summed E-state index contributed by atoms with van der Waals surface area (Å²) in [6.07, 6.45) is -0.292. The van der Waals surface area contributed by atoms with Crippen molar-refractivity contribution in [2.45, 2.75) is 6.42 Å². The van der Waals surface area contributed by atoms with Gasteiger partial charge in [0.2, 0.25) is 5.91 Å². The summed E-state index contributed by atoms with van der Waals surface area (Å²) in [5.41, 5.74) is 0. The Kier molecular flexibility index (Phi) is 3.28. The lowest BCUT2D eigenvalue weighted by atomic mass is 10.1. The fourth-order valence-electron chi connectivity index (χ4n) is 2.18. The van der Waals surface area contributed by atoms with Crippen LogP contribution in [0.2, 0.25) is 0 Å². The first-order valence-corrected chi connectivity index (χ1v) is 5.53. The lowest BCUT2D eigenvalue weighted by Gasteiger charge is -2.29. The SMILES string of the molecule is O=C(O)N1CC[C@@H](C(=O)N2CCOCC2)C1. The summed E-state index contributed by atoms with van der Waals surface area (Å²) in [7, 11) is 0. The first-order chi connectivity index (χ1) is 7.68. The number of likely N-dealkylation sites (tertiary alicyclic amines) is 1. The zero-order valence-corrected chi connectivity index (χ0v) is 9.09. The highest BCUT2D eigenvalue weighted by Crippen LogP contribution is 2.19. The number of carboxylic acid groups (broad SMARTS) is 1. The first kappa shape index (κ1) is 11.2. The quantitative estimate of drug-likeness (QED) is 0.677. The number of carbonyl (C=O) groups excluding carboxylic acids is 1. The number of amides is 2.